The summed E-state index contributed by atoms with van der Waals surface area (Å²) in [4.78, 5) is 24.7. The van der Waals surface area contributed by atoms with Crippen molar-refractivity contribution in [2.45, 2.75) is 44.2 Å². The van der Waals surface area contributed by atoms with Crippen LogP contribution in [0.4, 0.5) is 4.79 Å². The fraction of sp³-hybridized carbons (Fsp3) is 0.846. The second-order valence-corrected chi connectivity index (χ2v) is 5.44. The summed E-state index contributed by atoms with van der Waals surface area (Å²) in [6.07, 6.45) is 4.40. The van der Waals surface area contributed by atoms with Crippen LogP contribution in [0.25, 0.3) is 0 Å². The molecule has 1 saturated heterocycles. The molecule has 2 fully saturated rings. The van der Waals surface area contributed by atoms with Gasteiger partial charge in [-0.25, -0.2) is 4.79 Å². The van der Waals surface area contributed by atoms with E-state index >= 15 is 0 Å². The highest BCUT2D eigenvalue weighted by molar-refractivity contribution is 5.76. The van der Waals surface area contributed by atoms with Crippen molar-refractivity contribution in [2.24, 2.45) is 5.92 Å². The minimum atomic E-state index is -0.808. The van der Waals surface area contributed by atoms with Gasteiger partial charge in [0.05, 0.1) is 12.0 Å². The van der Waals surface area contributed by atoms with E-state index in [-0.39, 0.29) is 18.2 Å². The number of ether oxygens (including phenoxy) is 1. The van der Waals surface area contributed by atoms with Crippen molar-refractivity contribution < 1.29 is 19.4 Å². The Hall–Kier alpha value is -1.30. The Balaban J connectivity index is 1.81. The van der Waals surface area contributed by atoms with Crippen LogP contribution < -0.4 is 5.32 Å². The molecule has 6 heteroatoms. The SMILES string of the molecule is COC1CCC(NC(=O)N2CCC[C@H](C(=O)O)C2)C1. The van der Waals surface area contributed by atoms with Crippen molar-refractivity contribution in [1.29, 1.82) is 0 Å². The van der Waals surface area contributed by atoms with Crippen LogP contribution in [0.2, 0.25) is 0 Å². The number of hydrogen-bond acceptors (Lipinski definition) is 3. The molecule has 1 saturated carbocycles. The molecule has 2 amide bonds. The minimum Gasteiger partial charge on any atom is -0.481 e. The zero-order valence-electron chi connectivity index (χ0n) is 11.3. The number of urea groups is 1. The molecule has 1 heterocycles. The zero-order valence-corrected chi connectivity index (χ0v) is 11.3. The van der Waals surface area contributed by atoms with Gasteiger partial charge in [0, 0.05) is 26.2 Å². The Kier molecular flexibility index (Phi) is 4.63. The van der Waals surface area contributed by atoms with E-state index in [4.69, 9.17) is 9.84 Å². The number of carbonyl (C=O) groups excluding carboxylic acids is 1. The van der Waals surface area contributed by atoms with Crippen molar-refractivity contribution in [3.8, 4) is 0 Å². The number of hydrogen-bond donors (Lipinski definition) is 2. The van der Waals surface area contributed by atoms with Crippen LogP contribution >= 0.6 is 0 Å². The first-order valence-electron chi connectivity index (χ1n) is 6.91. The third kappa shape index (κ3) is 3.59. The first kappa shape index (κ1) is 14.1. The van der Waals surface area contributed by atoms with Crippen LogP contribution in [0, 0.1) is 5.92 Å². The average Bonchev–Trinajstić information content (AvgIpc) is 2.86. The Morgan fingerprint density at radius 1 is 1.32 bits per heavy atom. The molecule has 0 aromatic carbocycles. The van der Waals surface area contributed by atoms with Gasteiger partial charge in [-0.3, -0.25) is 4.79 Å². The summed E-state index contributed by atoms with van der Waals surface area (Å²) in [5.41, 5.74) is 0. The third-order valence-corrected chi connectivity index (χ3v) is 4.10. The molecule has 3 atom stereocenters. The number of likely N-dealkylation sites (tertiary alicyclic amines) is 1. The number of nitrogens with one attached hydrogen (secondary N) is 1. The molecule has 108 valence electrons. The van der Waals surface area contributed by atoms with E-state index in [1.165, 1.54) is 0 Å². The van der Waals surface area contributed by atoms with Crippen LogP contribution in [0.5, 0.6) is 0 Å². The molecule has 2 rings (SSSR count). The smallest absolute Gasteiger partial charge is 0.317 e. The first-order valence-corrected chi connectivity index (χ1v) is 6.91. The molecule has 0 bridgehead atoms. The highest BCUT2D eigenvalue weighted by Crippen LogP contribution is 2.22. The van der Waals surface area contributed by atoms with Gasteiger partial charge in [0.1, 0.15) is 0 Å². The quantitative estimate of drug-likeness (QED) is 0.803. The van der Waals surface area contributed by atoms with Crippen LogP contribution in [-0.4, -0.2) is 54.4 Å². The highest BCUT2D eigenvalue weighted by atomic mass is 16.5. The number of methoxy groups -OCH3 is 1. The number of rotatable bonds is 3. The molecule has 0 aromatic heterocycles. The molecule has 0 spiro atoms. The standard InChI is InChI=1S/C13H22N2O4/c1-19-11-5-4-10(7-11)14-13(18)15-6-2-3-9(8-15)12(16)17/h9-11H,2-8H2,1H3,(H,14,18)(H,16,17)/t9-,10?,11?/m0/s1. The second kappa shape index (κ2) is 6.23. The maximum absolute atomic E-state index is 12.1. The summed E-state index contributed by atoms with van der Waals surface area (Å²) < 4.78 is 5.27. The molecule has 2 N–H and O–H groups in total. The Morgan fingerprint density at radius 2 is 2.11 bits per heavy atom. The van der Waals surface area contributed by atoms with Gasteiger partial charge in [-0.05, 0) is 32.1 Å². The van der Waals surface area contributed by atoms with Crippen LogP contribution in [0.1, 0.15) is 32.1 Å². The Morgan fingerprint density at radius 3 is 2.74 bits per heavy atom. The van der Waals surface area contributed by atoms with Gasteiger partial charge >= 0.3 is 12.0 Å². The average molecular weight is 270 g/mol. The number of nitrogens with zero attached hydrogens (tertiary/aromatic N) is 1. The number of piperidine rings is 1. The fourth-order valence-electron chi connectivity index (χ4n) is 2.91. The summed E-state index contributed by atoms with van der Waals surface area (Å²) in [6.45, 7) is 0.970. The highest BCUT2D eigenvalue weighted by Gasteiger charge is 2.31. The molecular formula is C13H22N2O4. The van der Waals surface area contributed by atoms with E-state index in [1.807, 2.05) is 0 Å². The largest absolute Gasteiger partial charge is 0.481 e. The number of carboxylic acid groups (broad SMARTS) is 1. The van der Waals surface area contributed by atoms with E-state index in [0.29, 0.717) is 19.5 Å². The number of carboxylic acids is 1. The zero-order chi connectivity index (χ0) is 13.8. The topological polar surface area (TPSA) is 78.9 Å². The molecule has 1 aliphatic carbocycles. The van der Waals surface area contributed by atoms with E-state index in [2.05, 4.69) is 5.32 Å². The lowest BCUT2D eigenvalue weighted by molar-refractivity contribution is -0.143. The van der Waals surface area contributed by atoms with Gasteiger partial charge in [-0.1, -0.05) is 0 Å². The van der Waals surface area contributed by atoms with Gasteiger partial charge in [0.25, 0.3) is 0 Å². The van der Waals surface area contributed by atoms with Crippen LogP contribution in [-0.2, 0) is 9.53 Å². The molecule has 2 unspecified atom stereocenters. The Labute approximate surface area is 113 Å². The predicted molar refractivity (Wildman–Crippen MR) is 68.9 cm³/mol. The van der Waals surface area contributed by atoms with E-state index in [9.17, 15) is 9.59 Å². The van der Waals surface area contributed by atoms with Crippen molar-refractivity contribution >= 4 is 12.0 Å². The first-order chi connectivity index (χ1) is 9.10. The Bertz CT molecular complexity index is 348. The van der Waals surface area contributed by atoms with Gasteiger partial charge in [0.2, 0.25) is 0 Å². The van der Waals surface area contributed by atoms with Crippen molar-refractivity contribution in [3.05, 3.63) is 0 Å². The number of carbonyl (C=O) groups is 2. The van der Waals surface area contributed by atoms with Crippen molar-refractivity contribution in [2.75, 3.05) is 20.2 Å². The molecule has 0 radical (unpaired) electrons. The summed E-state index contributed by atoms with van der Waals surface area (Å²) in [7, 11) is 1.69. The third-order valence-electron chi connectivity index (χ3n) is 4.10. The van der Waals surface area contributed by atoms with Crippen LogP contribution in [0.15, 0.2) is 0 Å². The van der Waals surface area contributed by atoms with E-state index in [1.54, 1.807) is 12.0 Å². The number of aliphatic carboxylic acids is 1. The maximum atomic E-state index is 12.1. The summed E-state index contributed by atoms with van der Waals surface area (Å²) in [5, 5.41) is 12.0. The minimum absolute atomic E-state index is 0.132. The second-order valence-electron chi connectivity index (χ2n) is 5.44. The lowest BCUT2D eigenvalue weighted by Crippen LogP contribution is -2.49. The van der Waals surface area contributed by atoms with Gasteiger partial charge in [-0.2, -0.15) is 0 Å². The molecule has 0 aromatic rings. The molecular weight excluding hydrogens is 248 g/mol. The van der Waals surface area contributed by atoms with Crippen molar-refractivity contribution in [3.63, 3.8) is 0 Å². The number of amides is 2. The van der Waals surface area contributed by atoms with Gasteiger partial charge in [0.15, 0.2) is 0 Å². The monoisotopic (exact) mass is 270 g/mol. The summed E-state index contributed by atoms with van der Waals surface area (Å²) >= 11 is 0. The lowest BCUT2D eigenvalue weighted by Gasteiger charge is -2.31. The predicted octanol–water partition coefficient (Wildman–Crippen LogP) is 1.06. The molecule has 1 aliphatic heterocycles. The van der Waals surface area contributed by atoms with Gasteiger partial charge < -0.3 is 20.1 Å². The van der Waals surface area contributed by atoms with E-state index < -0.39 is 11.9 Å². The molecule has 19 heavy (non-hydrogen) atoms. The maximum Gasteiger partial charge on any atom is 0.317 e. The van der Waals surface area contributed by atoms with Crippen molar-refractivity contribution in [1.82, 2.24) is 10.2 Å². The summed E-state index contributed by atoms with van der Waals surface area (Å²) in [5.74, 6) is -1.23. The lowest BCUT2D eigenvalue weighted by atomic mass is 9.99. The normalized spacial score (nSPS) is 31.2. The van der Waals surface area contributed by atoms with Gasteiger partial charge in [-0.15, -0.1) is 0 Å². The molecule has 6 nitrogen and oxygen atoms in total. The fourth-order valence-corrected chi connectivity index (χ4v) is 2.91. The van der Waals surface area contributed by atoms with E-state index in [0.717, 1.165) is 25.7 Å². The molecule has 2 aliphatic rings. The van der Waals surface area contributed by atoms with Crippen LogP contribution in [0.3, 0.4) is 0 Å². The summed E-state index contributed by atoms with van der Waals surface area (Å²) in [6, 6.07) is 0.0235.